The van der Waals surface area contributed by atoms with Gasteiger partial charge < -0.3 is 9.08 Å². The van der Waals surface area contributed by atoms with Gasteiger partial charge in [0.1, 0.15) is 11.6 Å². The highest BCUT2D eigenvalue weighted by Crippen LogP contribution is 2.17. The van der Waals surface area contributed by atoms with Crippen LogP contribution in [-0.4, -0.2) is 32.0 Å². The van der Waals surface area contributed by atoms with Crippen LogP contribution in [0.2, 0.25) is 0 Å². The van der Waals surface area contributed by atoms with Crippen molar-refractivity contribution in [2.45, 2.75) is 26.8 Å². The highest BCUT2D eigenvalue weighted by Gasteiger charge is 2.17. The van der Waals surface area contributed by atoms with Crippen molar-refractivity contribution in [3.05, 3.63) is 65.5 Å². The molecule has 2 aromatic carbocycles. The molecule has 146 valence electrons. The van der Waals surface area contributed by atoms with Crippen LogP contribution in [0.3, 0.4) is 0 Å². The predicted octanol–water partition coefficient (Wildman–Crippen LogP) is 3.85. The van der Waals surface area contributed by atoms with Gasteiger partial charge in [-0.25, -0.2) is 4.39 Å². The van der Waals surface area contributed by atoms with E-state index in [0.29, 0.717) is 24.6 Å². The second-order valence-corrected chi connectivity index (χ2v) is 8.42. The summed E-state index contributed by atoms with van der Waals surface area (Å²) < 4.78 is 40.3. The molecule has 27 heavy (non-hydrogen) atoms. The molecular formula is C20H24FNO4S. The molecule has 5 nitrogen and oxygen atoms in total. The van der Waals surface area contributed by atoms with Crippen LogP contribution in [0.1, 0.15) is 36.2 Å². The molecule has 0 spiro atoms. The average Bonchev–Trinajstić information content (AvgIpc) is 2.58. The predicted molar refractivity (Wildman–Crippen MR) is 103 cm³/mol. The van der Waals surface area contributed by atoms with Crippen molar-refractivity contribution in [2.75, 3.05) is 12.8 Å². The van der Waals surface area contributed by atoms with Crippen LogP contribution in [0.5, 0.6) is 5.75 Å². The number of hydrogen-bond donors (Lipinski definition) is 0. The number of carbonyl (C=O) groups excluding carboxylic acids is 1. The van der Waals surface area contributed by atoms with Gasteiger partial charge in [-0.2, -0.15) is 8.42 Å². The lowest BCUT2D eigenvalue weighted by Gasteiger charge is -2.24. The molecule has 0 radical (unpaired) electrons. The fourth-order valence-corrected chi connectivity index (χ4v) is 2.95. The summed E-state index contributed by atoms with van der Waals surface area (Å²) >= 11 is 0. The second kappa shape index (κ2) is 8.99. The van der Waals surface area contributed by atoms with E-state index in [1.165, 1.54) is 24.3 Å². The molecule has 0 fully saturated rings. The maximum absolute atomic E-state index is 13.1. The first-order valence-corrected chi connectivity index (χ1v) is 10.5. The topological polar surface area (TPSA) is 63.7 Å². The number of carbonyl (C=O) groups is 1. The Morgan fingerprint density at radius 2 is 1.67 bits per heavy atom. The average molecular weight is 393 g/mol. The van der Waals surface area contributed by atoms with Crippen LogP contribution >= 0.6 is 0 Å². The van der Waals surface area contributed by atoms with E-state index in [-0.39, 0.29) is 17.5 Å². The SMILES string of the molecule is CC(C)CCN(Cc1ccc(OS(C)(=O)=O)cc1)C(=O)c1ccc(F)cc1. The summed E-state index contributed by atoms with van der Waals surface area (Å²) in [6.45, 7) is 5.09. The molecule has 2 rings (SSSR count). The Morgan fingerprint density at radius 1 is 1.07 bits per heavy atom. The van der Waals surface area contributed by atoms with Crippen molar-refractivity contribution in [2.24, 2.45) is 5.92 Å². The third kappa shape index (κ3) is 7.02. The zero-order valence-electron chi connectivity index (χ0n) is 15.7. The first-order chi connectivity index (χ1) is 12.6. The molecule has 1 amide bonds. The summed E-state index contributed by atoms with van der Waals surface area (Å²) in [5.41, 5.74) is 1.27. The summed E-state index contributed by atoms with van der Waals surface area (Å²) in [6.07, 6.45) is 1.82. The standard InChI is InChI=1S/C20H24FNO4S/c1-15(2)12-13-22(20(23)17-6-8-18(21)9-7-17)14-16-4-10-19(11-5-16)26-27(3,24)25/h4-11,15H,12-14H2,1-3H3. The highest BCUT2D eigenvalue weighted by molar-refractivity contribution is 7.86. The maximum atomic E-state index is 13.1. The fraction of sp³-hybridized carbons (Fsp3) is 0.350. The largest absolute Gasteiger partial charge is 0.383 e. The highest BCUT2D eigenvalue weighted by atomic mass is 32.2. The second-order valence-electron chi connectivity index (χ2n) is 6.85. The summed E-state index contributed by atoms with van der Waals surface area (Å²) in [7, 11) is -3.58. The Kier molecular flexibility index (Phi) is 6.96. The Morgan fingerprint density at radius 3 is 2.19 bits per heavy atom. The van der Waals surface area contributed by atoms with Gasteiger partial charge in [-0.1, -0.05) is 26.0 Å². The van der Waals surface area contributed by atoms with E-state index in [2.05, 4.69) is 13.8 Å². The fourth-order valence-electron chi connectivity index (χ4n) is 2.49. The molecule has 0 aliphatic carbocycles. The number of amides is 1. The molecule has 7 heteroatoms. The van der Waals surface area contributed by atoms with E-state index in [1.54, 1.807) is 29.2 Å². The van der Waals surface area contributed by atoms with Crippen molar-refractivity contribution < 1.29 is 21.8 Å². The van der Waals surface area contributed by atoms with Gasteiger partial charge in [-0.05, 0) is 54.3 Å². The van der Waals surface area contributed by atoms with E-state index in [4.69, 9.17) is 4.18 Å². The molecule has 0 aliphatic rings. The molecule has 0 aromatic heterocycles. The first-order valence-electron chi connectivity index (χ1n) is 8.67. The van der Waals surface area contributed by atoms with Crippen LogP contribution in [0.25, 0.3) is 0 Å². The third-order valence-corrected chi connectivity index (χ3v) is 4.39. The van der Waals surface area contributed by atoms with Gasteiger partial charge in [0.2, 0.25) is 0 Å². The minimum Gasteiger partial charge on any atom is -0.383 e. The molecule has 0 unspecified atom stereocenters. The smallest absolute Gasteiger partial charge is 0.306 e. The molecule has 0 N–H and O–H groups in total. The van der Waals surface area contributed by atoms with Crippen molar-refractivity contribution in [1.82, 2.24) is 4.90 Å². The molecule has 0 bridgehead atoms. The van der Waals surface area contributed by atoms with Gasteiger partial charge in [0.25, 0.3) is 5.91 Å². The minimum absolute atomic E-state index is 0.174. The van der Waals surface area contributed by atoms with Crippen LogP contribution in [0.15, 0.2) is 48.5 Å². The first kappa shape index (κ1) is 20.9. The van der Waals surface area contributed by atoms with Gasteiger partial charge in [-0.15, -0.1) is 0 Å². The van der Waals surface area contributed by atoms with E-state index in [0.717, 1.165) is 18.2 Å². The van der Waals surface area contributed by atoms with E-state index < -0.39 is 10.1 Å². The Labute approximate surface area is 159 Å². The molecule has 0 aliphatic heterocycles. The lowest BCUT2D eigenvalue weighted by molar-refractivity contribution is 0.0735. The number of benzene rings is 2. The molecule has 0 atom stereocenters. The lowest BCUT2D eigenvalue weighted by Crippen LogP contribution is -2.32. The van der Waals surface area contributed by atoms with Gasteiger partial charge in [0, 0.05) is 18.7 Å². The van der Waals surface area contributed by atoms with Crippen LogP contribution in [0.4, 0.5) is 4.39 Å². The third-order valence-electron chi connectivity index (χ3n) is 3.90. The zero-order valence-corrected chi connectivity index (χ0v) is 16.5. The zero-order chi connectivity index (χ0) is 20.0. The summed E-state index contributed by atoms with van der Waals surface area (Å²) in [5, 5.41) is 0. The van der Waals surface area contributed by atoms with E-state index in [9.17, 15) is 17.6 Å². The van der Waals surface area contributed by atoms with Gasteiger partial charge >= 0.3 is 10.1 Å². The maximum Gasteiger partial charge on any atom is 0.306 e. The monoisotopic (exact) mass is 393 g/mol. The van der Waals surface area contributed by atoms with Crippen LogP contribution in [-0.2, 0) is 16.7 Å². The van der Waals surface area contributed by atoms with Crippen LogP contribution in [0, 0.1) is 11.7 Å². The van der Waals surface area contributed by atoms with Crippen molar-refractivity contribution in [1.29, 1.82) is 0 Å². The number of halogens is 1. The van der Waals surface area contributed by atoms with Crippen molar-refractivity contribution >= 4 is 16.0 Å². The summed E-state index contributed by atoms with van der Waals surface area (Å²) in [5.74, 6) is 0.0905. The van der Waals surface area contributed by atoms with E-state index >= 15 is 0 Å². The van der Waals surface area contributed by atoms with Crippen LogP contribution < -0.4 is 4.18 Å². The van der Waals surface area contributed by atoms with Crippen molar-refractivity contribution in [3.8, 4) is 5.75 Å². The molecule has 0 saturated heterocycles. The molecule has 0 saturated carbocycles. The molecule has 0 heterocycles. The minimum atomic E-state index is -3.58. The Bertz CT molecular complexity index is 862. The lowest BCUT2D eigenvalue weighted by atomic mass is 10.1. The Balaban J connectivity index is 2.16. The van der Waals surface area contributed by atoms with E-state index in [1.807, 2.05) is 0 Å². The number of rotatable bonds is 8. The van der Waals surface area contributed by atoms with Gasteiger partial charge in [0.05, 0.1) is 6.26 Å². The normalized spacial score (nSPS) is 11.4. The Hall–Kier alpha value is -2.41. The number of hydrogen-bond acceptors (Lipinski definition) is 4. The summed E-state index contributed by atoms with van der Waals surface area (Å²) in [6, 6.07) is 12.0. The quantitative estimate of drug-likeness (QED) is 0.639. The summed E-state index contributed by atoms with van der Waals surface area (Å²) in [4.78, 5) is 14.5. The molecular weight excluding hydrogens is 369 g/mol. The van der Waals surface area contributed by atoms with Crippen molar-refractivity contribution in [3.63, 3.8) is 0 Å². The number of nitrogens with zero attached hydrogens (tertiary/aromatic N) is 1. The molecule has 2 aromatic rings. The van der Waals surface area contributed by atoms with Gasteiger partial charge in [0.15, 0.2) is 0 Å². The van der Waals surface area contributed by atoms with Gasteiger partial charge in [-0.3, -0.25) is 4.79 Å².